The minimum absolute atomic E-state index is 0.676. The van der Waals surface area contributed by atoms with Crippen LogP contribution in [0.25, 0.3) is 0 Å². The molecular weight excluding hydrogens is 248 g/mol. The van der Waals surface area contributed by atoms with E-state index in [2.05, 4.69) is 29.3 Å². The first kappa shape index (κ1) is 15.3. The fraction of sp³-hybridized carbons (Fsp3) is 0.647. The molecule has 0 spiro atoms. The minimum Gasteiger partial charge on any atom is -0.497 e. The van der Waals surface area contributed by atoms with E-state index in [-0.39, 0.29) is 0 Å². The van der Waals surface area contributed by atoms with E-state index >= 15 is 0 Å². The molecule has 1 N–H and O–H groups in total. The summed E-state index contributed by atoms with van der Waals surface area (Å²) in [7, 11) is 1.71. The maximum Gasteiger partial charge on any atom is 0.118 e. The number of rotatable bonds is 7. The molecule has 0 unspecified atom stereocenters. The van der Waals surface area contributed by atoms with Crippen LogP contribution in [-0.2, 0) is 6.54 Å². The normalized spacial score (nSPS) is 17.3. The average molecular weight is 276 g/mol. The van der Waals surface area contributed by atoms with Crippen molar-refractivity contribution in [3.8, 4) is 5.75 Å². The van der Waals surface area contributed by atoms with E-state index in [0.29, 0.717) is 6.04 Å². The van der Waals surface area contributed by atoms with Crippen LogP contribution in [0.15, 0.2) is 24.3 Å². The zero-order chi connectivity index (χ0) is 14.2. The van der Waals surface area contributed by atoms with Crippen molar-refractivity contribution in [2.45, 2.75) is 45.2 Å². The van der Waals surface area contributed by atoms with Crippen molar-refractivity contribution >= 4 is 0 Å². The molecule has 2 rings (SSSR count). The highest BCUT2D eigenvalue weighted by Gasteiger charge is 2.17. The van der Waals surface area contributed by atoms with Gasteiger partial charge in [-0.15, -0.1) is 0 Å². The third-order valence-electron chi connectivity index (χ3n) is 4.17. The van der Waals surface area contributed by atoms with Crippen molar-refractivity contribution in [1.29, 1.82) is 0 Å². The zero-order valence-electron chi connectivity index (χ0n) is 12.9. The van der Waals surface area contributed by atoms with Crippen LogP contribution in [0.3, 0.4) is 0 Å². The molecule has 3 nitrogen and oxygen atoms in total. The maximum atomic E-state index is 5.18. The number of piperidine rings is 1. The number of hydrogen-bond donors (Lipinski definition) is 1. The first-order valence-corrected chi connectivity index (χ1v) is 7.90. The number of nitrogens with zero attached hydrogens (tertiary/aromatic N) is 1. The second-order valence-electron chi connectivity index (χ2n) is 5.70. The topological polar surface area (TPSA) is 24.5 Å². The summed E-state index contributed by atoms with van der Waals surface area (Å²) in [6.45, 7) is 7.01. The number of nitrogens with one attached hydrogen (secondary N) is 1. The van der Waals surface area contributed by atoms with Gasteiger partial charge in [0.2, 0.25) is 0 Å². The van der Waals surface area contributed by atoms with Crippen LogP contribution in [0, 0.1) is 0 Å². The Kier molecular flexibility index (Phi) is 6.34. The summed E-state index contributed by atoms with van der Waals surface area (Å²) >= 11 is 0. The molecule has 3 heteroatoms. The van der Waals surface area contributed by atoms with E-state index < -0.39 is 0 Å². The SMILES string of the molecule is CCCCN1CCC(NCc2ccc(OC)cc2)CC1. The molecule has 0 aliphatic carbocycles. The third-order valence-corrected chi connectivity index (χ3v) is 4.17. The monoisotopic (exact) mass is 276 g/mol. The maximum absolute atomic E-state index is 5.18. The highest BCUT2D eigenvalue weighted by Crippen LogP contribution is 2.14. The lowest BCUT2D eigenvalue weighted by atomic mass is 10.0. The molecule has 0 atom stereocenters. The van der Waals surface area contributed by atoms with Gasteiger partial charge in [-0.25, -0.2) is 0 Å². The highest BCUT2D eigenvalue weighted by molar-refractivity contribution is 5.27. The van der Waals surface area contributed by atoms with E-state index in [1.807, 2.05) is 12.1 Å². The molecule has 20 heavy (non-hydrogen) atoms. The van der Waals surface area contributed by atoms with Gasteiger partial charge in [-0.2, -0.15) is 0 Å². The summed E-state index contributed by atoms with van der Waals surface area (Å²) in [5, 5.41) is 3.68. The standard InChI is InChI=1S/C17H28N2O/c1-3-4-11-19-12-9-16(10-13-19)18-14-15-5-7-17(20-2)8-6-15/h5-8,16,18H,3-4,9-14H2,1-2H3. The van der Waals surface area contributed by atoms with Crippen molar-refractivity contribution in [3.05, 3.63) is 29.8 Å². The zero-order valence-corrected chi connectivity index (χ0v) is 12.9. The smallest absolute Gasteiger partial charge is 0.118 e. The van der Waals surface area contributed by atoms with Crippen LogP contribution in [0.2, 0.25) is 0 Å². The molecule has 0 aromatic heterocycles. The Morgan fingerprint density at radius 2 is 1.90 bits per heavy atom. The Labute approximate surface area is 123 Å². The summed E-state index contributed by atoms with van der Waals surface area (Å²) in [4.78, 5) is 2.61. The van der Waals surface area contributed by atoms with Gasteiger partial charge in [0.1, 0.15) is 5.75 Å². The van der Waals surface area contributed by atoms with Gasteiger partial charge < -0.3 is 15.0 Å². The fourth-order valence-electron chi connectivity index (χ4n) is 2.75. The molecule has 1 aliphatic heterocycles. The number of likely N-dealkylation sites (tertiary alicyclic amines) is 1. The number of unbranched alkanes of at least 4 members (excludes halogenated alkanes) is 1. The van der Waals surface area contributed by atoms with Gasteiger partial charge in [0.15, 0.2) is 0 Å². The quantitative estimate of drug-likeness (QED) is 0.828. The number of methoxy groups -OCH3 is 1. The second kappa shape index (κ2) is 8.28. The Morgan fingerprint density at radius 1 is 1.20 bits per heavy atom. The second-order valence-corrected chi connectivity index (χ2v) is 5.70. The number of ether oxygens (including phenoxy) is 1. The Balaban J connectivity index is 1.67. The van der Waals surface area contributed by atoms with Crippen molar-refractivity contribution in [1.82, 2.24) is 10.2 Å². The molecule has 1 saturated heterocycles. The van der Waals surface area contributed by atoms with E-state index in [0.717, 1.165) is 12.3 Å². The predicted octanol–water partition coefficient (Wildman–Crippen LogP) is 3.05. The first-order chi connectivity index (χ1) is 9.81. The molecule has 0 bridgehead atoms. The van der Waals surface area contributed by atoms with Gasteiger partial charge in [-0.3, -0.25) is 0 Å². The lowest BCUT2D eigenvalue weighted by molar-refractivity contribution is 0.195. The summed E-state index contributed by atoms with van der Waals surface area (Å²) in [5.41, 5.74) is 1.33. The largest absolute Gasteiger partial charge is 0.497 e. The van der Waals surface area contributed by atoms with Gasteiger partial charge in [0.05, 0.1) is 7.11 Å². The van der Waals surface area contributed by atoms with E-state index in [1.165, 1.54) is 50.9 Å². The summed E-state index contributed by atoms with van der Waals surface area (Å²) < 4.78 is 5.18. The van der Waals surface area contributed by atoms with Gasteiger partial charge in [0, 0.05) is 12.6 Å². The Hall–Kier alpha value is -1.06. The lowest BCUT2D eigenvalue weighted by Gasteiger charge is -2.32. The molecule has 0 radical (unpaired) electrons. The van der Waals surface area contributed by atoms with E-state index in [4.69, 9.17) is 4.74 Å². The van der Waals surface area contributed by atoms with Crippen LogP contribution < -0.4 is 10.1 Å². The number of hydrogen-bond acceptors (Lipinski definition) is 3. The van der Waals surface area contributed by atoms with E-state index in [1.54, 1.807) is 7.11 Å². The summed E-state index contributed by atoms with van der Waals surface area (Å²) in [5.74, 6) is 0.929. The van der Waals surface area contributed by atoms with Crippen molar-refractivity contribution in [2.75, 3.05) is 26.7 Å². The van der Waals surface area contributed by atoms with Gasteiger partial charge in [0.25, 0.3) is 0 Å². The minimum atomic E-state index is 0.676. The lowest BCUT2D eigenvalue weighted by Crippen LogP contribution is -2.42. The van der Waals surface area contributed by atoms with Crippen molar-refractivity contribution in [2.24, 2.45) is 0 Å². The molecule has 0 amide bonds. The van der Waals surface area contributed by atoms with Crippen LogP contribution in [0.5, 0.6) is 5.75 Å². The average Bonchev–Trinajstić information content (AvgIpc) is 2.52. The molecule has 1 fully saturated rings. The van der Waals surface area contributed by atoms with Crippen LogP contribution in [0.1, 0.15) is 38.2 Å². The Morgan fingerprint density at radius 3 is 2.50 bits per heavy atom. The third kappa shape index (κ3) is 4.80. The van der Waals surface area contributed by atoms with Gasteiger partial charge in [-0.1, -0.05) is 25.5 Å². The van der Waals surface area contributed by atoms with Gasteiger partial charge >= 0.3 is 0 Å². The molecule has 1 aromatic carbocycles. The van der Waals surface area contributed by atoms with Crippen LogP contribution in [-0.4, -0.2) is 37.7 Å². The summed E-state index contributed by atoms with van der Waals surface area (Å²) in [6, 6.07) is 9.02. The van der Waals surface area contributed by atoms with E-state index in [9.17, 15) is 0 Å². The Bertz CT molecular complexity index is 369. The molecule has 1 aromatic rings. The molecule has 0 saturated carbocycles. The molecule has 1 heterocycles. The number of benzene rings is 1. The van der Waals surface area contributed by atoms with Crippen molar-refractivity contribution in [3.63, 3.8) is 0 Å². The highest BCUT2D eigenvalue weighted by atomic mass is 16.5. The van der Waals surface area contributed by atoms with Crippen LogP contribution in [0.4, 0.5) is 0 Å². The van der Waals surface area contributed by atoms with Gasteiger partial charge in [-0.05, 0) is 56.6 Å². The fourth-order valence-corrected chi connectivity index (χ4v) is 2.75. The first-order valence-electron chi connectivity index (χ1n) is 7.90. The van der Waals surface area contributed by atoms with Crippen LogP contribution >= 0.6 is 0 Å². The predicted molar refractivity (Wildman–Crippen MR) is 84.2 cm³/mol. The molecule has 112 valence electrons. The molecule has 1 aliphatic rings. The molecular formula is C17H28N2O. The van der Waals surface area contributed by atoms with Crippen molar-refractivity contribution < 1.29 is 4.74 Å². The summed E-state index contributed by atoms with van der Waals surface area (Å²) in [6.07, 6.45) is 5.19.